The van der Waals surface area contributed by atoms with Crippen LogP contribution < -0.4 is 18.9 Å². The van der Waals surface area contributed by atoms with Crippen LogP contribution in [-0.4, -0.2) is 55.1 Å². The van der Waals surface area contributed by atoms with Crippen LogP contribution >= 0.6 is 0 Å². The van der Waals surface area contributed by atoms with E-state index in [4.69, 9.17) is 29.1 Å². The van der Waals surface area contributed by atoms with E-state index in [-0.39, 0.29) is 24.4 Å². The van der Waals surface area contributed by atoms with Gasteiger partial charge in [0.1, 0.15) is 23.0 Å². The third-order valence-electron chi connectivity index (χ3n) is 8.26. The normalized spacial score (nSPS) is 11.6. The van der Waals surface area contributed by atoms with Gasteiger partial charge in [-0.3, -0.25) is 0 Å². The summed E-state index contributed by atoms with van der Waals surface area (Å²) in [6.07, 6.45) is -1.93. The fourth-order valence-corrected chi connectivity index (χ4v) is 6.28. The first-order valence-corrected chi connectivity index (χ1v) is 18.4. The summed E-state index contributed by atoms with van der Waals surface area (Å²) in [7, 11) is 0. The molecule has 1 N–H and O–H groups in total. The Morgan fingerprint density at radius 1 is 0.481 bits per heavy atom. The number of rotatable bonds is 15. The van der Waals surface area contributed by atoms with E-state index in [2.05, 4.69) is 0 Å². The smallest absolute Gasteiger partial charge is 0.351 e. The molecule has 0 atom stereocenters. The number of nitrogens with zero attached hydrogens (tertiary/aromatic N) is 4. The second-order valence-electron chi connectivity index (χ2n) is 14.1. The van der Waals surface area contributed by atoms with Gasteiger partial charge in [0.15, 0.2) is 0 Å². The van der Waals surface area contributed by atoms with Crippen molar-refractivity contribution in [1.29, 1.82) is 0 Å². The van der Waals surface area contributed by atoms with Crippen LogP contribution in [-0.2, 0) is 4.79 Å². The quantitative estimate of drug-likeness (QED) is 0.111. The van der Waals surface area contributed by atoms with Gasteiger partial charge < -0.3 is 24.1 Å². The molecule has 0 bridgehead atoms. The second kappa shape index (κ2) is 16.3. The molecule has 4 aromatic carbocycles. The molecule has 6 aromatic rings. The first kappa shape index (κ1) is 37.7. The zero-order valence-electron chi connectivity index (χ0n) is 32.1. The molecule has 0 aliphatic carbocycles. The SMILES string of the molecule is CC(C)Oc1ccccc1-c1cc(-c2ccccc2OC(C)C)n(C(C(=O)O)n2nc(-c3ccccc3OC(C)C)cc2-c2ccccc2OC(C)C)n1. The summed E-state index contributed by atoms with van der Waals surface area (Å²) in [5.74, 6) is 1.27. The first-order chi connectivity index (χ1) is 25.9. The number of carbonyl (C=O) groups is 1. The Bertz CT molecular complexity index is 2070. The van der Waals surface area contributed by atoms with Gasteiger partial charge in [-0.25, -0.2) is 14.2 Å². The van der Waals surface area contributed by atoms with Gasteiger partial charge in [0.25, 0.3) is 0 Å². The van der Waals surface area contributed by atoms with E-state index in [1.54, 1.807) is 0 Å². The van der Waals surface area contributed by atoms with Gasteiger partial charge in [0.05, 0.1) is 47.2 Å². The van der Waals surface area contributed by atoms with E-state index < -0.39 is 12.1 Å². The number of ether oxygens (including phenoxy) is 4. The Morgan fingerprint density at radius 2 is 0.759 bits per heavy atom. The summed E-state index contributed by atoms with van der Waals surface area (Å²) in [5, 5.41) is 21.5. The highest BCUT2D eigenvalue weighted by atomic mass is 16.5. The highest BCUT2D eigenvalue weighted by Gasteiger charge is 2.33. The van der Waals surface area contributed by atoms with Crippen molar-refractivity contribution in [2.24, 2.45) is 0 Å². The Labute approximate surface area is 316 Å². The highest BCUT2D eigenvalue weighted by Crippen LogP contribution is 2.41. The summed E-state index contributed by atoms with van der Waals surface area (Å²) >= 11 is 0. The lowest BCUT2D eigenvalue weighted by Crippen LogP contribution is -2.30. The van der Waals surface area contributed by atoms with Crippen molar-refractivity contribution in [2.45, 2.75) is 86.0 Å². The van der Waals surface area contributed by atoms with Crippen molar-refractivity contribution in [3.8, 4) is 68.0 Å². The van der Waals surface area contributed by atoms with Crippen molar-refractivity contribution in [3.63, 3.8) is 0 Å². The Kier molecular flexibility index (Phi) is 11.4. The molecular formula is C44H48N4O6. The van der Waals surface area contributed by atoms with Gasteiger partial charge in [-0.2, -0.15) is 10.2 Å². The molecule has 0 unspecified atom stereocenters. The molecule has 0 radical (unpaired) electrons. The third kappa shape index (κ3) is 8.28. The fraction of sp³-hybridized carbons (Fsp3) is 0.295. The molecule has 0 amide bonds. The number of carboxylic acids is 1. The monoisotopic (exact) mass is 728 g/mol. The average molecular weight is 729 g/mol. The number of aromatic nitrogens is 4. The van der Waals surface area contributed by atoms with Crippen LogP contribution in [0.2, 0.25) is 0 Å². The van der Waals surface area contributed by atoms with Crippen molar-refractivity contribution < 1.29 is 28.8 Å². The molecular weight excluding hydrogens is 681 g/mol. The molecule has 0 saturated carbocycles. The Hall–Kier alpha value is -6.03. The predicted octanol–water partition coefficient (Wildman–Crippen LogP) is 10.0. The van der Waals surface area contributed by atoms with Crippen LogP contribution in [0.4, 0.5) is 0 Å². The van der Waals surface area contributed by atoms with E-state index in [1.165, 1.54) is 9.36 Å². The van der Waals surface area contributed by atoms with Crippen LogP contribution in [0.3, 0.4) is 0 Å². The van der Waals surface area contributed by atoms with Crippen molar-refractivity contribution >= 4 is 5.97 Å². The number of carboxylic acid groups (broad SMARTS) is 1. The molecule has 2 heterocycles. The van der Waals surface area contributed by atoms with E-state index in [1.807, 2.05) is 165 Å². The average Bonchev–Trinajstić information content (AvgIpc) is 3.74. The first-order valence-electron chi connectivity index (χ1n) is 18.4. The van der Waals surface area contributed by atoms with E-state index in [0.717, 1.165) is 11.1 Å². The molecule has 0 aliphatic rings. The molecule has 2 aromatic heterocycles. The minimum atomic E-state index is -1.46. The largest absolute Gasteiger partial charge is 0.490 e. The fourth-order valence-electron chi connectivity index (χ4n) is 6.28. The molecule has 0 fully saturated rings. The minimum Gasteiger partial charge on any atom is -0.490 e. The number of aliphatic carboxylic acids is 1. The van der Waals surface area contributed by atoms with E-state index in [9.17, 15) is 9.90 Å². The topological polar surface area (TPSA) is 110 Å². The maximum atomic E-state index is 13.9. The van der Waals surface area contributed by atoms with Crippen LogP contribution in [0.5, 0.6) is 23.0 Å². The van der Waals surface area contributed by atoms with Crippen molar-refractivity contribution in [2.75, 3.05) is 0 Å². The molecule has 10 heteroatoms. The molecule has 280 valence electrons. The number of benzene rings is 4. The van der Waals surface area contributed by atoms with Crippen LogP contribution in [0.25, 0.3) is 45.0 Å². The molecule has 0 aliphatic heterocycles. The number of hydrogen-bond donors (Lipinski definition) is 1. The van der Waals surface area contributed by atoms with Gasteiger partial charge in [0, 0.05) is 22.3 Å². The lowest BCUT2D eigenvalue weighted by atomic mass is 10.1. The standard InChI is InChI=1S/C44H48N4O6/c1-27(2)51-39-21-13-9-17-31(39)35-25-37(33-19-11-15-23-41(33)53-29(5)6)47(45-35)43(44(49)50)48-38(34-20-12-16-24-42(34)54-30(7)8)26-36(46-48)32-18-10-14-22-40(32)52-28(3)4/h9-30,43H,1-8H3,(H,49,50). The highest BCUT2D eigenvalue weighted by molar-refractivity contribution is 5.81. The molecule has 6 rings (SSSR count). The lowest BCUT2D eigenvalue weighted by Gasteiger charge is -2.22. The molecule has 10 nitrogen and oxygen atoms in total. The summed E-state index contributed by atoms with van der Waals surface area (Å²) in [4.78, 5) is 13.9. The van der Waals surface area contributed by atoms with E-state index in [0.29, 0.717) is 56.9 Å². The van der Waals surface area contributed by atoms with Crippen LogP contribution in [0.1, 0.15) is 61.6 Å². The number of hydrogen-bond acceptors (Lipinski definition) is 7. The Morgan fingerprint density at radius 3 is 1.06 bits per heavy atom. The summed E-state index contributed by atoms with van der Waals surface area (Å²) in [6.45, 7) is 15.7. The van der Waals surface area contributed by atoms with Gasteiger partial charge in [-0.05, 0) is 116 Å². The maximum Gasteiger partial charge on any atom is 0.351 e. The third-order valence-corrected chi connectivity index (χ3v) is 8.26. The number of para-hydroxylation sites is 4. The van der Waals surface area contributed by atoms with Crippen LogP contribution in [0, 0.1) is 0 Å². The lowest BCUT2D eigenvalue weighted by molar-refractivity contribution is -0.142. The van der Waals surface area contributed by atoms with Crippen LogP contribution in [0.15, 0.2) is 109 Å². The minimum absolute atomic E-state index is 0.0969. The second-order valence-corrected chi connectivity index (χ2v) is 14.1. The molecule has 0 saturated heterocycles. The predicted molar refractivity (Wildman–Crippen MR) is 211 cm³/mol. The van der Waals surface area contributed by atoms with Crippen molar-refractivity contribution in [3.05, 3.63) is 109 Å². The van der Waals surface area contributed by atoms with Crippen molar-refractivity contribution in [1.82, 2.24) is 19.6 Å². The van der Waals surface area contributed by atoms with Gasteiger partial charge >= 0.3 is 5.97 Å². The molecule has 54 heavy (non-hydrogen) atoms. The van der Waals surface area contributed by atoms with E-state index >= 15 is 0 Å². The summed E-state index contributed by atoms with van der Waals surface area (Å²) < 4.78 is 28.0. The maximum absolute atomic E-state index is 13.9. The molecule has 0 spiro atoms. The zero-order valence-corrected chi connectivity index (χ0v) is 32.1. The zero-order chi connectivity index (χ0) is 38.5. The summed E-state index contributed by atoms with van der Waals surface area (Å²) in [6, 6.07) is 34.1. The van der Waals surface area contributed by atoms with Gasteiger partial charge in [0.2, 0.25) is 6.17 Å². The van der Waals surface area contributed by atoms with Gasteiger partial charge in [-0.15, -0.1) is 0 Å². The summed E-state index contributed by atoms with van der Waals surface area (Å²) in [5.41, 5.74) is 4.87. The Balaban J connectivity index is 1.66. The van der Waals surface area contributed by atoms with Gasteiger partial charge in [-0.1, -0.05) is 48.5 Å².